The number of thioether (sulfide) groups is 1. The van der Waals surface area contributed by atoms with Crippen molar-refractivity contribution in [3.05, 3.63) is 46.0 Å². The summed E-state index contributed by atoms with van der Waals surface area (Å²) in [6, 6.07) is 7.06. The van der Waals surface area contributed by atoms with Crippen LogP contribution < -0.4 is 15.8 Å². The van der Waals surface area contributed by atoms with Gasteiger partial charge in [-0.25, -0.2) is 18.4 Å². The fraction of sp³-hybridized carbons (Fsp3) is 0.565. The summed E-state index contributed by atoms with van der Waals surface area (Å²) in [5.41, 5.74) is 1.93. The van der Waals surface area contributed by atoms with Crippen LogP contribution in [-0.4, -0.2) is 72.1 Å². The van der Waals surface area contributed by atoms with Crippen LogP contribution in [0.3, 0.4) is 0 Å². The number of halogens is 1. The van der Waals surface area contributed by atoms with Crippen LogP contribution in [0.25, 0.3) is 0 Å². The van der Waals surface area contributed by atoms with Gasteiger partial charge in [0.1, 0.15) is 5.70 Å². The molecule has 0 radical (unpaired) electrons. The van der Waals surface area contributed by atoms with Gasteiger partial charge in [-0.3, -0.25) is 4.79 Å². The Balaban J connectivity index is 0.00000361. The third-order valence-electron chi connectivity index (χ3n) is 7.18. The predicted molar refractivity (Wildman–Crippen MR) is 140 cm³/mol. The number of β-lactam (4-membered cyclic amide) rings is 1. The molecule has 2 fully saturated rings. The van der Waals surface area contributed by atoms with Crippen molar-refractivity contribution in [1.82, 2.24) is 15.5 Å². The minimum Gasteiger partial charge on any atom is -0.477 e. The molecule has 1 aromatic rings. The number of aliphatic hydroxyl groups is 1. The summed E-state index contributed by atoms with van der Waals surface area (Å²) in [5, 5.41) is 31.6. The van der Waals surface area contributed by atoms with Crippen molar-refractivity contribution in [3.63, 3.8) is 0 Å². The highest BCUT2D eigenvalue weighted by molar-refractivity contribution is 8.03. The molecule has 6 N–H and O–H groups in total. The minimum absolute atomic E-state index is 0. The predicted octanol–water partition coefficient (Wildman–Crippen LogP) is 0.947. The Bertz CT molecular complexity index is 1140. The molecule has 4 rings (SSSR count). The van der Waals surface area contributed by atoms with E-state index in [1.165, 1.54) is 16.7 Å². The number of carboxylic acid groups (broad SMARTS) is 1. The molecule has 1 unspecified atom stereocenters. The number of carboxylic acids is 1. The van der Waals surface area contributed by atoms with E-state index in [4.69, 9.17) is 5.14 Å². The highest BCUT2D eigenvalue weighted by atomic mass is 35.5. The summed E-state index contributed by atoms with van der Waals surface area (Å²) < 4.78 is 23.0. The number of benzene rings is 1. The first-order valence-electron chi connectivity index (χ1n) is 11.6. The van der Waals surface area contributed by atoms with E-state index in [0.717, 1.165) is 17.5 Å². The summed E-state index contributed by atoms with van der Waals surface area (Å²) in [7, 11) is -1.93. The lowest BCUT2D eigenvalue weighted by atomic mass is 9.79. The monoisotopic (exact) mass is 560 g/mol. The molecule has 2 saturated heterocycles. The maximum absolute atomic E-state index is 12.5. The molecule has 7 atom stereocenters. The largest absolute Gasteiger partial charge is 0.477 e. The standard InChI is InChI=1S/C23H32N4O6S2.ClH/c1-11-19-18(12(2)28)22(29)27(19)20(23(30)31)21(11)34-15-8-16(26-9-15)13-4-6-14(7-5-13)17(25-3)10-35(24,32)33;/h4-7,11-12,15-19,25-26,28H,8-10H2,1-3H3,(H,30,31)(H2,24,32,33);1H/t11-,12-,15+,16-,17?,18-,19-;/m1./s1. The SMILES string of the molecule is CNC(CS(N)(=O)=O)c1ccc([C@H]2C[C@H](SC3=C(C(=O)O)N4C(=O)[C@H]([C@@H](C)O)[C@H]4[C@H]3C)CN2)cc1.Cl. The number of amides is 1. The zero-order chi connectivity index (χ0) is 25.7. The smallest absolute Gasteiger partial charge is 0.353 e. The van der Waals surface area contributed by atoms with E-state index < -0.39 is 34.1 Å². The lowest BCUT2D eigenvalue weighted by Gasteiger charge is -2.46. The van der Waals surface area contributed by atoms with E-state index in [0.29, 0.717) is 11.4 Å². The zero-order valence-electron chi connectivity index (χ0n) is 20.2. The average Bonchev–Trinajstić information content (AvgIpc) is 3.33. The zero-order valence-corrected chi connectivity index (χ0v) is 22.7. The molecule has 0 saturated carbocycles. The highest BCUT2D eigenvalue weighted by Crippen LogP contribution is 2.52. The van der Waals surface area contributed by atoms with Gasteiger partial charge >= 0.3 is 5.97 Å². The Kier molecular flexibility index (Phi) is 8.81. The molecular formula is C23H33ClN4O6S2. The number of nitrogens with one attached hydrogen (secondary N) is 2. The maximum atomic E-state index is 12.5. The molecule has 1 aromatic carbocycles. The molecule has 0 spiro atoms. The van der Waals surface area contributed by atoms with E-state index in [-0.39, 0.29) is 53.0 Å². The number of hydrogen-bond donors (Lipinski definition) is 5. The van der Waals surface area contributed by atoms with Gasteiger partial charge in [0.15, 0.2) is 0 Å². The van der Waals surface area contributed by atoms with Gasteiger partial charge in [0.25, 0.3) is 0 Å². The van der Waals surface area contributed by atoms with Gasteiger partial charge in [0.05, 0.1) is 23.8 Å². The van der Waals surface area contributed by atoms with Crippen molar-refractivity contribution >= 4 is 46.1 Å². The first-order chi connectivity index (χ1) is 16.4. The maximum Gasteiger partial charge on any atom is 0.353 e. The van der Waals surface area contributed by atoms with Crippen molar-refractivity contribution in [1.29, 1.82) is 0 Å². The topological polar surface area (TPSA) is 162 Å². The number of sulfonamides is 1. The van der Waals surface area contributed by atoms with Crippen LogP contribution in [0.15, 0.2) is 34.9 Å². The van der Waals surface area contributed by atoms with E-state index in [1.54, 1.807) is 14.0 Å². The summed E-state index contributed by atoms with van der Waals surface area (Å²) in [5.74, 6) is -2.36. The lowest BCUT2D eigenvalue weighted by Crippen LogP contribution is -2.63. The van der Waals surface area contributed by atoms with E-state index >= 15 is 0 Å². The Labute approximate surface area is 221 Å². The van der Waals surface area contributed by atoms with Gasteiger partial charge in [0, 0.05) is 34.7 Å². The number of primary sulfonamides is 1. The molecule has 0 aromatic heterocycles. The molecule has 0 aliphatic carbocycles. The average molecular weight is 561 g/mol. The van der Waals surface area contributed by atoms with E-state index in [2.05, 4.69) is 10.6 Å². The van der Waals surface area contributed by atoms with Gasteiger partial charge in [-0.2, -0.15) is 0 Å². The van der Waals surface area contributed by atoms with Crippen LogP contribution in [0.2, 0.25) is 0 Å². The van der Waals surface area contributed by atoms with Gasteiger partial charge in [-0.15, -0.1) is 24.2 Å². The first kappa shape index (κ1) is 28.9. The normalized spacial score (nSPS) is 29.4. The quantitative estimate of drug-likeness (QED) is 0.277. The van der Waals surface area contributed by atoms with Gasteiger partial charge in [0.2, 0.25) is 15.9 Å². The third kappa shape index (κ3) is 5.45. The summed E-state index contributed by atoms with van der Waals surface area (Å²) in [4.78, 5) is 26.6. The fourth-order valence-electron chi connectivity index (χ4n) is 5.44. The van der Waals surface area contributed by atoms with Crippen LogP contribution in [0.4, 0.5) is 0 Å². The third-order valence-corrected chi connectivity index (χ3v) is 9.49. The second kappa shape index (κ2) is 11.0. The van der Waals surface area contributed by atoms with Crippen LogP contribution in [0.1, 0.15) is 43.5 Å². The molecule has 3 heterocycles. The second-order valence-corrected chi connectivity index (χ2v) is 12.5. The molecule has 1 amide bonds. The van der Waals surface area contributed by atoms with Crippen LogP contribution in [0, 0.1) is 11.8 Å². The molecular weight excluding hydrogens is 528 g/mol. The number of carbonyl (C=O) groups is 2. The van der Waals surface area contributed by atoms with Gasteiger partial charge in [-0.1, -0.05) is 31.2 Å². The fourth-order valence-corrected chi connectivity index (χ4v) is 7.75. The number of hydrogen-bond acceptors (Lipinski definition) is 8. The molecule has 10 nitrogen and oxygen atoms in total. The van der Waals surface area contributed by atoms with E-state index in [9.17, 15) is 28.2 Å². The molecule has 0 bridgehead atoms. The molecule has 13 heteroatoms. The van der Waals surface area contributed by atoms with Gasteiger partial charge < -0.3 is 25.7 Å². The van der Waals surface area contributed by atoms with Crippen LogP contribution >= 0.6 is 24.2 Å². The number of aliphatic hydroxyl groups excluding tert-OH is 1. The van der Waals surface area contributed by atoms with Crippen molar-refractivity contribution < 1.29 is 28.2 Å². The van der Waals surface area contributed by atoms with Gasteiger partial charge in [-0.05, 0) is 31.5 Å². The van der Waals surface area contributed by atoms with Crippen molar-refractivity contribution in [3.8, 4) is 0 Å². The summed E-state index contributed by atoms with van der Waals surface area (Å²) in [6.45, 7) is 4.18. The van der Waals surface area contributed by atoms with Crippen LogP contribution in [-0.2, 0) is 19.6 Å². The number of carbonyl (C=O) groups excluding carboxylic acids is 1. The first-order valence-corrected chi connectivity index (χ1v) is 14.2. The number of aliphatic carboxylic acids is 1. The Morgan fingerprint density at radius 3 is 2.50 bits per heavy atom. The Hall–Kier alpha value is -1.67. The second-order valence-electron chi connectivity index (χ2n) is 9.55. The summed E-state index contributed by atoms with van der Waals surface area (Å²) in [6.07, 6.45) is -0.0448. The highest BCUT2D eigenvalue weighted by Gasteiger charge is 2.60. The van der Waals surface area contributed by atoms with Crippen molar-refractivity contribution in [2.75, 3.05) is 19.3 Å². The van der Waals surface area contributed by atoms with Crippen LogP contribution in [0.5, 0.6) is 0 Å². The molecule has 3 aliphatic heterocycles. The number of nitrogens with two attached hydrogens (primary N) is 1. The summed E-state index contributed by atoms with van der Waals surface area (Å²) >= 11 is 1.51. The number of rotatable bonds is 9. The lowest BCUT2D eigenvalue weighted by molar-refractivity contribution is -0.163. The minimum atomic E-state index is -3.62. The molecule has 3 aliphatic rings. The van der Waals surface area contributed by atoms with E-state index in [1.807, 2.05) is 31.2 Å². The van der Waals surface area contributed by atoms with Crippen molar-refractivity contribution in [2.24, 2.45) is 17.0 Å². The number of nitrogens with zero attached hydrogens (tertiary/aromatic N) is 1. The Morgan fingerprint density at radius 2 is 1.97 bits per heavy atom. The molecule has 200 valence electrons. The Morgan fingerprint density at radius 1 is 1.33 bits per heavy atom. The molecule has 36 heavy (non-hydrogen) atoms. The van der Waals surface area contributed by atoms with Crippen molar-refractivity contribution in [2.45, 2.75) is 49.7 Å². The number of fused-ring (bicyclic) bond motifs is 1.